The summed E-state index contributed by atoms with van der Waals surface area (Å²) < 4.78 is 11.2. The van der Waals surface area contributed by atoms with Gasteiger partial charge in [-0.2, -0.15) is 0 Å². The van der Waals surface area contributed by atoms with Gasteiger partial charge in [0.05, 0.1) is 25.4 Å². The number of ether oxygens (including phenoxy) is 2. The van der Waals surface area contributed by atoms with Crippen LogP contribution in [0.4, 0.5) is 0 Å². The van der Waals surface area contributed by atoms with Gasteiger partial charge in [-0.3, -0.25) is 0 Å². The van der Waals surface area contributed by atoms with E-state index in [0.717, 1.165) is 19.6 Å². The van der Waals surface area contributed by atoms with Crippen LogP contribution in [0.5, 0.6) is 0 Å². The highest BCUT2D eigenvalue weighted by atomic mass is 16.5. The molecule has 0 saturated heterocycles. The van der Waals surface area contributed by atoms with Gasteiger partial charge in [0.15, 0.2) is 0 Å². The predicted molar refractivity (Wildman–Crippen MR) is 84.1 cm³/mol. The summed E-state index contributed by atoms with van der Waals surface area (Å²) in [4.78, 5) is 0. The van der Waals surface area contributed by atoms with Crippen LogP contribution < -0.4 is 5.32 Å². The normalized spacial score (nSPS) is 14.2. The van der Waals surface area contributed by atoms with Crippen molar-refractivity contribution in [2.75, 3.05) is 26.4 Å². The molecule has 1 rings (SSSR count). The Bertz CT molecular complexity index is 351. The van der Waals surface area contributed by atoms with Crippen molar-refractivity contribution >= 4 is 0 Å². The molecule has 0 amide bonds. The third-order valence-electron chi connectivity index (χ3n) is 3.33. The minimum absolute atomic E-state index is 0.129. The molecule has 1 N–H and O–H groups in total. The van der Waals surface area contributed by atoms with Crippen molar-refractivity contribution in [2.45, 2.75) is 46.3 Å². The Balaban J connectivity index is 2.60. The molecule has 2 unspecified atom stereocenters. The van der Waals surface area contributed by atoms with E-state index in [9.17, 15) is 0 Å². The Labute approximate surface area is 123 Å². The minimum atomic E-state index is 0.129. The zero-order valence-electron chi connectivity index (χ0n) is 13.3. The van der Waals surface area contributed by atoms with Gasteiger partial charge in [-0.15, -0.1) is 0 Å². The molecular formula is C17H29NO2. The van der Waals surface area contributed by atoms with Gasteiger partial charge in [0.1, 0.15) is 0 Å². The second-order valence-corrected chi connectivity index (χ2v) is 5.12. The van der Waals surface area contributed by atoms with Crippen molar-refractivity contribution in [1.29, 1.82) is 0 Å². The Morgan fingerprint density at radius 1 is 1.10 bits per heavy atom. The fraction of sp³-hybridized carbons (Fsp3) is 0.647. The maximum Gasteiger partial charge on any atom is 0.0742 e. The van der Waals surface area contributed by atoms with Gasteiger partial charge in [-0.25, -0.2) is 0 Å². The first-order chi connectivity index (χ1) is 9.69. The summed E-state index contributed by atoms with van der Waals surface area (Å²) in [5, 5.41) is 3.58. The van der Waals surface area contributed by atoms with Gasteiger partial charge in [-0.1, -0.05) is 36.8 Å². The SMILES string of the molecule is CCCNC(c1ccc(C)cc1)C(C)OCCOCC. The lowest BCUT2D eigenvalue weighted by Gasteiger charge is -2.26. The molecule has 3 heteroatoms. The average Bonchev–Trinajstić information content (AvgIpc) is 2.46. The van der Waals surface area contributed by atoms with Gasteiger partial charge in [-0.05, 0) is 39.3 Å². The van der Waals surface area contributed by atoms with E-state index in [1.54, 1.807) is 0 Å². The Hall–Kier alpha value is -0.900. The lowest BCUT2D eigenvalue weighted by molar-refractivity contribution is -0.00118. The molecule has 0 aliphatic carbocycles. The van der Waals surface area contributed by atoms with Crippen molar-refractivity contribution in [3.05, 3.63) is 35.4 Å². The molecule has 2 atom stereocenters. The third-order valence-corrected chi connectivity index (χ3v) is 3.33. The Morgan fingerprint density at radius 3 is 2.40 bits per heavy atom. The maximum atomic E-state index is 5.90. The van der Waals surface area contributed by atoms with Crippen LogP contribution in [0.25, 0.3) is 0 Å². The molecule has 1 aromatic carbocycles. The topological polar surface area (TPSA) is 30.5 Å². The number of nitrogens with one attached hydrogen (secondary N) is 1. The van der Waals surface area contributed by atoms with E-state index in [2.05, 4.69) is 50.4 Å². The zero-order chi connectivity index (χ0) is 14.8. The molecule has 0 spiro atoms. The number of hydrogen-bond acceptors (Lipinski definition) is 3. The summed E-state index contributed by atoms with van der Waals surface area (Å²) in [5.41, 5.74) is 2.57. The molecule has 0 saturated carbocycles. The van der Waals surface area contributed by atoms with Crippen LogP contribution in [0, 0.1) is 6.92 Å². The highest BCUT2D eigenvalue weighted by molar-refractivity contribution is 5.24. The van der Waals surface area contributed by atoms with Crippen molar-refractivity contribution in [2.24, 2.45) is 0 Å². The highest BCUT2D eigenvalue weighted by Gasteiger charge is 2.19. The van der Waals surface area contributed by atoms with Crippen molar-refractivity contribution in [3.63, 3.8) is 0 Å². The first-order valence-electron chi connectivity index (χ1n) is 7.68. The molecular weight excluding hydrogens is 250 g/mol. The van der Waals surface area contributed by atoms with Crippen molar-refractivity contribution in [1.82, 2.24) is 5.32 Å². The Kier molecular flexibility index (Phi) is 8.51. The molecule has 0 aliphatic heterocycles. The van der Waals surface area contributed by atoms with Crippen LogP contribution in [0.2, 0.25) is 0 Å². The lowest BCUT2D eigenvalue weighted by Crippen LogP contribution is -2.33. The monoisotopic (exact) mass is 279 g/mol. The molecule has 0 fully saturated rings. The van der Waals surface area contributed by atoms with E-state index in [4.69, 9.17) is 9.47 Å². The number of benzene rings is 1. The van der Waals surface area contributed by atoms with Crippen LogP contribution in [-0.4, -0.2) is 32.5 Å². The minimum Gasteiger partial charge on any atom is -0.379 e. The maximum absolute atomic E-state index is 5.90. The summed E-state index contributed by atoms with van der Waals surface area (Å²) >= 11 is 0. The molecule has 1 aromatic rings. The molecule has 0 radical (unpaired) electrons. The zero-order valence-corrected chi connectivity index (χ0v) is 13.3. The number of aryl methyl sites for hydroxylation is 1. The van der Waals surface area contributed by atoms with Crippen LogP contribution in [0.15, 0.2) is 24.3 Å². The Morgan fingerprint density at radius 2 is 1.80 bits per heavy atom. The van der Waals surface area contributed by atoms with Gasteiger partial charge < -0.3 is 14.8 Å². The van der Waals surface area contributed by atoms with Gasteiger partial charge in [0.25, 0.3) is 0 Å². The van der Waals surface area contributed by atoms with Crippen LogP contribution >= 0.6 is 0 Å². The first kappa shape index (κ1) is 17.2. The smallest absolute Gasteiger partial charge is 0.0742 e. The van der Waals surface area contributed by atoms with Crippen LogP contribution in [0.3, 0.4) is 0 Å². The van der Waals surface area contributed by atoms with Crippen molar-refractivity contribution in [3.8, 4) is 0 Å². The van der Waals surface area contributed by atoms with Gasteiger partial charge in [0, 0.05) is 6.61 Å². The summed E-state index contributed by atoms with van der Waals surface area (Å²) in [7, 11) is 0. The summed E-state index contributed by atoms with van der Waals surface area (Å²) in [5.74, 6) is 0. The summed E-state index contributed by atoms with van der Waals surface area (Å²) in [6, 6.07) is 8.92. The molecule has 0 heterocycles. The lowest BCUT2D eigenvalue weighted by atomic mass is 10.0. The fourth-order valence-corrected chi connectivity index (χ4v) is 2.16. The molecule has 114 valence electrons. The number of rotatable bonds is 10. The first-order valence-corrected chi connectivity index (χ1v) is 7.68. The molecule has 0 aromatic heterocycles. The van der Waals surface area contributed by atoms with E-state index >= 15 is 0 Å². The van der Waals surface area contributed by atoms with Crippen molar-refractivity contribution < 1.29 is 9.47 Å². The van der Waals surface area contributed by atoms with Crippen LogP contribution in [0.1, 0.15) is 44.4 Å². The fourth-order valence-electron chi connectivity index (χ4n) is 2.16. The van der Waals surface area contributed by atoms with E-state index in [1.807, 2.05) is 6.92 Å². The molecule has 20 heavy (non-hydrogen) atoms. The summed E-state index contributed by atoms with van der Waals surface area (Å²) in [6.07, 6.45) is 1.25. The van der Waals surface area contributed by atoms with E-state index in [1.165, 1.54) is 11.1 Å². The average molecular weight is 279 g/mol. The van der Waals surface area contributed by atoms with E-state index in [0.29, 0.717) is 13.2 Å². The second-order valence-electron chi connectivity index (χ2n) is 5.12. The molecule has 0 bridgehead atoms. The summed E-state index contributed by atoms with van der Waals surface area (Å²) in [6.45, 7) is 11.5. The number of hydrogen-bond donors (Lipinski definition) is 1. The second kappa shape index (κ2) is 9.92. The molecule has 3 nitrogen and oxygen atoms in total. The predicted octanol–water partition coefficient (Wildman–Crippen LogP) is 3.48. The van der Waals surface area contributed by atoms with Crippen LogP contribution in [-0.2, 0) is 9.47 Å². The highest BCUT2D eigenvalue weighted by Crippen LogP contribution is 2.20. The van der Waals surface area contributed by atoms with Gasteiger partial charge >= 0.3 is 0 Å². The van der Waals surface area contributed by atoms with E-state index in [-0.39, 0.29) is 12.1 Å². The van der Waals surface area contributed by atoms with Gasteiger partial charge in [0.2, 0.25) is 0 Å². The standard InChI is InChI=1S/C17H29NO2/c1-5-11-18-17(15(4)20-13-12-19-6-2)16-9-7-14(3)8-10-16/h7-10,15,17-18H,5-6,11-13H2,1-4H3. The quantitative estimate of drug-likeness (QED) is 0.665. The largest absolute Gasteiger partial charge is 0.379 e. The van der Waals surface area contributed by atoms with E-state index < -0.39 is 0 Å². The molecule has 0 aliphatic rings. The third kappa shape index (κ3) is 6.04.